The van der Waals surface area contributed by atoms with Gasteiger partial charge in [0.05, 0.1) is 12.7 Å². The summed E-state index contributed by atoms with van der Waals surface area (Å²) in [5.74, 6) is -3.66. The molecule has 0 saturated carbocycles. The molecular formula is C22H20F3NO6. The van der Waals surface area contributed by atoms with Crippen LogP contribution in [0.2, 0.25) is 0 Å². The van der Waals surface area contributed by atoms with Gasteiger partial charge in [0.1, 0.15) is 12.3 Å². The van der Waals surface area contributed by atoms with Gasteiger partial charge in [0.15, 0.2) is 6.10 Å². The summed E-state index contributed by atoms with van der Waals surface area (Å²) in [6.07, 6.45) is -6.57. The van der Waals surface area contributed by atoms with Crippen LogP contribution in [0, 0.1) is 0 Å². The number of hydrogen-bond acceptors (Lipinski definition) is 5. The SMILES string of the molecule is COc1ccc([C@H]2Cc3c(cccc3C(F)(F)F)N(CC(=O)O)C(=O)[C@H]2OC(C)=O)cc1. The van der Waals surface area contributed by atoms with Crippen molar-refractivity contribution in [3.8, 4) is 5.75 Å². The fourth-order valence-corrected chi connectivity index (χ4v) is 3.83. The molecule has 0 fully saturated rings. The molecule has 2 aromatic rings. The van der Waals surface area contributed by atoms with Gasteiger partial charge in [0.25, 0.3) is 5.91 Å². The number of benzene rings is 2. The topological polar surface area (TPSA) is 93.1 Å². The molecule has 0 spiro atoms. The van der Waals surface area contributed by atoms with Crippen LogP contribution in [0.5, 0.6) is 5.75 Å². The molecule has 0 bridgehead atoms. The number of ether oxygens (including phenoxy) is 2. The van der Waals surface area contributed by atoms with E-state index in [-0.39, 0.29) is 17.7 Å². The molecule has 3 rings (SSSR count). The maximum absolute atomic E-state index is 13.8. The van der Waals surface area contributed by atoms with Gasteiger partial charge in [0.2, 0.25) is 0 Å². The minimum atomic E-state index is -4.74. The highest BCUT2D eigenvalue weighted by molar-refractivity contribution is 6.02. The number of carboxylic acids is 1. The minimum absolute atomic E-state index is 0.180. The van der Waals surface area contributed by atoms with Gasteiger partial charge in [-0.25, -0.2) is 0 Å². The lowest BCUT2D eigenvalue weighted by Crippen LogP contribution is -2.45. The number of nitrogens with zero attached hydrogens (tertiary/aromatic N) is 1. The third kappa shape index (κ3) is 4.68. The van der Waals surface area contributed by atoms with Crippen LogP contribution in [-0.2, 0) is 31.7 Å². The van der Waals surface area contributed by atoms with Crippen LogP contribution >= 0.6 is 0 Å². The van der Waals surface area contributed by atoms with Crippen molar-refractivity contribution < 1.29 is 42.1 Å². The number of carboxylic acid groups (broad SMARTS) is 1. The second kappa shape index (κ2) is 8.89. The van der Waals surface area contributed by atoms with E-state index >= 15 is 0 Å². The maximum atomic E-state index is 13.8. The number of halogens is 3. The fourth-order valence-electron chi connectivity index (χ4n) is 3.83. The zero-order valence-electron chi connectivity index (χ0n) is 17.2. The standard InChI is InChI=1S/C22H20F3NO6/c1-12(27)32-20-15(13-6-8-14(31-2)9-7-13)10-16-17(22(23,24)25)4-3-5-18(16)26(21(20)30)11-19(28)29/h3-9,15,20H,10-11H2,1-2H3,(H,28,29)/t15-,20+/m1/s1. The molecule has 7 nitrogen and oxygen atoms in total. The van der Waals surface area contributed by atoms with Gasteiger partial charge < -0.3 is 14.6 Å². The molecule has 1 aliphatic heterocycles. The first-order chi connectivity index (χ1) is 15.0. The predicted molar refractivity (Wildman–Crippen MR) is 106 cm³/mol. The quantitative estimate of drug-likeness (QED) is 0.701. The van der Waals surface area contributed by atoms with Crippen LogP contribution in [0.1, 0.15) is 29.5 Å². The number of fused-ring (bicyclic) bond motifs is 1. The summed E-state index contributed by atoms with van der Waals surface area (Å²) in [6, 6.07) is 9.51. The van der Waals surface area contributed by atoms with Crippen molar-refractivity contribution in [2.24, 2.45) is 0 Å². The monoisotopic (exact) mass is 451 g/mol. The number of carbonyl (C=O) groups excluding carboxylic acids is 2. The minimum Gasteiger partial charge on any atom is -0.497 e. The van der Waals surface area contributed by atoms with Crippen LogP contribution in [0.4, 0.5) is 18.9 Å². The van der Waals surface area contributed by atoms with E-state index in [4.69, 9.17) is 9.47 Å². The number of methoxy groups -OCH3 is 1. The van der Waals surface area contributed by atoms with Crippen molar-refractivity contribution >= 4 is 23.5 Å². The highest BCUT2D eigenvalue weighted by atomic mass is 19.4. The van der Waals surface area contributed by atoms with E-state index in [1.54, 1.807) is 24.3 Å². The van der Waals surface area contributed by atoms with Crippen LogP contribution < -0.4 is 9.64 Å². The molecule has 10 heteroatoms. The molecule has 1 heterocycles. The molecule has 1 N–H and O–H groups in total. The van der Waals surface area contributed by atoms with Crippen molar-refractivity contribution in [1.29, 1.82) is 0 Å². The van der Waals surface area contributed by atoms with Crippen molar-refractivity contribution in [3.63, 3.8) is 0 Å². The Hall–Kier alpha value is -3.56. The molecule has 2 atom stereocenters. The molecule has 32 heavy (non-hydrogen) atoms. The lowest BCUT2D eigenvalue weighted by Gasteiger charge is -2.27. The van der Waals surface area contributed by atoms with Gasteiger partial charge in [0, 0.05) is 18.5 Å². The van der Waals surface area contributed by atoms with E-state index in [1.165, 1.54) is 13.2 Å². The van der Waals surface area contributed by atoms with E-state index in [0.29, 0.717) is 11.3 Å². The molecule has 1 amide bonds. The third-order valence-electron chi connectivity index (χ3n) is 5.18. The van der Waals surface area contributed by atoms with Crippen molar-refractivity contribution in [1.82, 2.24) is 0 Å². The van der Waals surface area contributed by atoms with Gasteiger partial charge in [-0.1, -0.05) is 18.2 Å². The molecule has 0 unspecified atom stereocenters. The zero-order chi connectivity index (χ0) is 23.6. The van der Waals surface area contributed by atoms with Crippen LogP contribution in [0.3, 0.4) is 0 Å². The van der Waals surface area contributed by atoms with E-state index in [1.807, 2.05) is 0 Å². The number of anilines is 1. The average molecular weight is 451 g/mol. The second-order valence-corrected chi connectivity index (χ2v) is 7.23. The first-order valence-electron chi connectivity index (χ1n) is 9.56. The number of esters is 1. The Labute approximate surface area is 181 Å². The number of rotatable bonds is 5. The van der Waals surface area contributed by atoms with E-state index < -0.39 is 48.2 Å². The number of aliphatic carboxylic acids is 1. The molecule has 0 radical (unpaired) electrons. The first-order valence-corrected chi connectivity index (χ1v) is 9.56. The highest BCUT2D eigenvalue weighted by Gasteiger charge is 2.44. The summed E-state index contributed by atoms with van der Waals surface area (Å²) >= 11 is 0. The van der Waals surface area contributed by atoms with E-state index in [2.05, 4.69) is 0 Å². The maximum Gasteiger partial charge on any atom is 0.416 e. The Morgan fingerprint density at radius 2 is 1.81 bits per heavy atom. The normalized spacial score (nSPS) is 18.5. The Morgan fingerprint density at radius 3 is 2.34 bits per heavy atom. The molecule has 0 saturated heterocycles. The van der Waals surface area contributed by atoms with Crippen LogP contribution in [-0.4, -0.2) is 42.7 Å². The zero-order valence-corrected chi connectivity index (χ0v) is 17.2. The fraction of sp³-hybridized carbons (Fsp3) is 0.318. The van der Waals surface area contributed by atoms with Crippen LogP contribution in [0.25, 0.3) is 0 Å². The summed E-state index contributed by atoms with van der Waals surface area (Å²) < 4.78 is 51.8. The molecule has 170 valence electrons. The van der Waals surface area contributed by atoms with Gasteiger partial charge in [-0.3, -0.25) is 19.3 Å². The van der Waals surface area contributed by atoms with Crippen molar-refractivity contribution in [2.45, 2.75) is 31.5 Å². The van der Waals surface area contributed by atoms with Crippen molar-refractivity contribution in [2.75, 3.05) is 18.6 Å². The van der Waals surface area contributed by atoms with Gasteiger partial charge >= 0.3 is 18.1 Å². The lowest BCUT2D eigenvalue weighted by molar-refractivity contribution is -0.154. The summed E-state index contributed by atoms with van der Waals surface area (Å²) in [7, 11) is 1.45. The molecule has 2 aromatic carbocycles. The van der Waals surface area contributed by atoms with E-state index in [9.17, 15) is 32.7 Å². The van der Waals surface area contributed by atoms with Crippen molar-refractivity contribution in [3.05, 3.63) is 59.2 Å². The van der Waals surface area contributed by atoms with E-state index in [0.717, 1.165) is 24.0 Å². The lowest BCUT2D eigenvalue weighted by atomic mass is 9.86. The predicted octanol–water partition coefficient (Wildman–Crippen LogP) is 3.40. The van der Waals surface area contributed by atoms with Gasteiger partial charge in [-0.05, 0) is 41.8 Å². The first kappa shape index (κ1) is 23.1. The van der Waals surface area contributed by atoms with Crippen LogP contribution in [0.15, 0.2) is 42.5 Å². The smallest absolute Gasteiger partial charge is 0.416 e. The Balaban J connectivity index is 2.24. The molecule has 0 aromatic heterocycles. The summed E-state index contributed by atoms with van der Waals surface area (Å²) in [5, 5.41) is 9.30. The summed E-state index contributed by atoms with van der Waals surface area (Å²) in [4.78, 5) is 37.2. The molecule has 0 aliphatic carbocycles. The third-order valence-corrected chi connectivity index (χ3v) is 5.18. The Morgan fingerprint density at radius 1 is 1.16 bits per heavy atom. The number of hydrogen-bond donors (Lipinski definition) is 1. The number of alkyl halides is 3. The second-order valence-electron chi connectivity index (χ2n) is 7.23. The Bertz CT molecular complexity index is 1030. The van der Waals surface area contributed by atoms with Gasteiger partial charge in [-0.2, -0.15) is 13.2 Å². The average Bonchev–Trinajstić information content (AvgIpc) is 2.83. The summed E-state index contributed by atoms with van der Waals surface area (Å²) in [6.45, 7) is 0.180. The largest absolute Gasteiger partial charge is 0.497 e. The number of carbonyl (C=O) groups is 3. The molecular weight excluding hydrogens is 431 g/mol. The summed E-state index contributed by atoms with van der Waals surface area (Å²) in [5.41, 5.74) is -0.976. The Kier molecular flexibility index (Phi) is 6.42. The highest BCUT2D eigenvalue weighted by Crippen LogP contribution is 2.42. The molecule has 1 aliphatic rings. The number of amides is 1. The van der Waals surface area contributed by atoms with Gasteiger partial charge in [-0.15, -0.1) is 0 Å².